The average Bonchev–Trinajstić information content (AvgIpc) is 3.37. The lowest BCUT2D eigenvalue weighted by Crippen LogP contribution is -2.18. The van der Waals surface area contributed by atoms with Gasteiger partial charge in [0.2, 0.25) is 15.9 Å². The molecule has 0 spiro atoms. The number of carbonyl (C=O) groups is 1. The third kappa shape index (κ3) is 3.99. The van der Waals surface area contributed by atoms with Gasteiger partial charge in [0.15, 0.2) is 0 Å². The monoisotopic (exact) mass is 436 g/mol. The van der Waals surface area contributed by atoms with Crippen molar-refractivity contribution in [2.75, 3.05) is 12.4 Å². The molecule has 0 aromatic heterocycles. The molecule has 8 heteroatoms. The highest BCUT2D eigenvalue weighted by atomic mass is 35.5. The van der Waals surface area contributed by atoms with Crippen LogP contribution in [-0.4, -0.2) is 21.4 Å². The normalized spacial score (nSPS) is 20.2. The quantitative estimate of drug-likeness (QED) is 0.680. The molecule has 1 fully saturated rings. The number of benzene rings is 2. The zero-order valence-electron chi connectivity index (χ0n) is 16.6. The molecule has 0 radical (unpaired) electrons. The summed E-state index contributed by atoms with van der Waals surface area (Å²) in [5.74, 6) is 0.199. The SMILES string of the molecule is CCC1(CC)[C@H](C(=O)Nc2cc(Cl)ccc2OC)[C@H]1c1ccc(S(N)(=O)=O)cc1. The van der Waals surface area contributed by atoms with Crippen LogP contribution in [0.2, 0.25) is 5.02 Å². The van der Waals surface area contributed by atoms with Crippen molar-refractivity contribution in [2.45, 2.75) is 37.5 Å². The second-order valence-electron chi connectivity index (χ2n) is 7.34. The van der Waals surface area contributed by atoms with E-state index in [4.69, 9.17) is 21.5 Å². The van der Waals surface area contributed by atoms with Crippen LogP contribution in [0.15, 0.2) is 47.4 Å². The molecule has 0 unspecified atom stereocenters. The summed E-state index contributed by atoms with van der Waals surface area (Å²) >= 11 is 6.07. The molecule has 0 heterocycles. The van der Waals surface area contributed by atoms with Crippen LogP contribution >= 0.6 is 11.6 Å². The van der Waals surface area contributed by atoms with Gasteiger partial charge in [0.05, 0.1) is 23.6 Å². The number of methoxy groups -OCH3 is 1. The van der Waals surface area contributed by atoms with Crippen LogP contribution in [-0.2, 0) is 14.8 Å². The molecule has 3 rings (SSSR count). The van der Waals surface area contributed by atoms with Crippen LogP contribution in [0.1, 0.15) is 38.2 Å². The van der Waals surface area contributed by atoms with Crippen LogP contribution in [0.3, 0.4) is 0 Å². The van der Waals surface area contributed by atoms with Gasteiger partial charge in [0.1, 0.15) is 5.75 Å². The largest absolute Gasteiger partial charge is 0.495 e. The number of halogens is 1. The molecule has 156 valence electrons. The fourth-order valence-corrected chi connectivity index (χ4v) is 5.10. The Morgan fingerprint density at radius 1 is 1.17 bits per heavy atom. The van der Waals surface area contributed by atoms with E-state index >= 15 is 0 Å². The Balaban J connectivity index is 1.89. The van der Waals surface area contributed by atoms with E-state index in [1.807, 2.05) is 0 Å². The molecule has 1 aliphatic rings. The van der Waals surface area contributed by atoms with Crippen molar-refractivity contribution < 1.29 is 17.9 Å². The maximum absolute atomic E-state index is 13.2. The topological polar surface area (TPSA) is 98.5 Å². The highest BCUT2D eigenvalue weighted by molar-refractivity contribution is 7.89. The average molecular weight is 437 g/mol. The number of nitrogens with two attached hydrogens (primary N) is 1. The summed E-state index contributed by atoms with van der Waals surface area (Å²) < 4.78 is 28.4. The smallest absolute Gasteiger partial charge is 0.238 e. The summed E-state index contributed by atoms with van der Waals surface area (Å²) in [7, 11) is -2.22. The highest BCUT2D eigenvalue weighted by Crippen LogP contribution is 2.69. The predicted octanol–water partition coefficient (Wildman–Crippen LogP) is 4.15. The fourth-order valence-electron chi connectivity index (χ4n) is 4.41. The minimum absolute atomic E-state index is 0.00259. The first-order valence-corrected chi connectivity index (χ1v) is 11.4. The molecule has 1 saturated carbocycles. The lowest BCUT2D eigenvalue weighted by atomic mass is 9.93. The van der Waals surface area contributed by atoms with Crippen LogP contribution in [0, 0.1) is 11.3 Å². The Labute approximate surface area is 176 Å². The van der Waals surface area contributed by atoms with Crippen LogP contribution in [0.5, 0.6) is 5.75 Å². The number of primary sulfonamides is 1. The number of nitrogens with one attached hydrogen (secondary N) is 1. The van der Waals surface area contributed by atoms with Crippen molar-refractivity contribution in [3.63, 3.8) is 0 Å². The maximum Gasteiger partial charge on any atom is 0.238 e. The first-order valence-electron chi connectivity index (χ1n) is 9.45. The van der Waals surface area contributed by atoms with E-state index in [1.54, 1.807) is 30.3 Å². The van der Waals surface area contributed by atoms with Gasteiger partial charge < -0.3 is 10.1 Å². The van der Waals surface area contributed by atoms with Crippen molar-refractivity contribution in [1.29, 1.82) is 0 Å². The fraction of sp³-hybridized carbons (Fsp3) is 0.381. The molecule has 0 saturated heterocycles. The van der Waals surface area contributed by atoms with Gasteiger partial charge in [-0.15, -0.1) is 0 Å². The molecule has 3 N–H and O–H groups in total. The Morgan fingerprint density at radius 3 is 2.31 bits per heavy atom. The van der Waals surface area contributed by atoms with E-state index < -0.39 is 10.0 Å². The van der Waals surface area contributed by atoms with Gasteiger partial charge in [-0.3, -0.25) is 4.79 Å². The summed E-state index contributed by atoms with van der Waals surface area (Å²) in [5.41, 5.74) is 1.28. The number of hydrogen-bond acceptors (Lipinski definition) is 4. The first kappa shape index (κ1) is 21.6. The zero-order valence-corrected chi connectivity index (χ0v) is 18.2. The Morgan fingerprint density at radius 2 is 1.79 bits per heavy atom. The van der Waals surface area contributed by atoms with Crippen molar-refractivity contribution in [2.24, 2.45) is 16.5 Å². The van der Waals surface area contributed by atoms with Crippen molar-refractivity contribution in [3.05, 3.63) is 53.1 Å². The third-order valence-electron chi connectivity index (χ3n) is 6.05. The van der Waals surface area contributed by atoms with Gasteiger partial charge in [0.25, 0.3) is 0 Å². The number of ether oxygens (including phenoxy) is 1. The zero-order chi connectivity index (χ0) is 21.4. The molecule has 0 aliphatic heterocycles. The van der Waals surface area contributed by atoms with E-state index in [9.17, 15) is 13.2 Å². The second-order valence-corrected chi connectivity index (χ2v) is 9.34. The highest BCUT2D eigenvalue weighted by Gasteiger charge is 2.65. The van der Waals surface area contributed by atoms with E-state index in [0.717, 1.165) is 18.4 Å². The van der Waals surface area contributed by atoms with Gasteiger partial charge in [-0.1, -0.05) is 37.6 Å². The second kappa shape index (κ2) is 7.97. The molecular weight excluding hydrogens is 412 g/mol. The minimum Gasteiger partial charge on any atom is -0.495 e. The number of amides is 1. The molecule has 6 nitrogen and oxygen atoms in total. The van der Waals surface area contributed by atoms with Crippen molar-refractivity contribution >= 4 is 33.2 Å². The molecule has 1 aliphatic carbocycles. The lowest BCUT2D eigenvalue weighted by molar-refractivity contribution is -0.118. The Kier molecular flexibility index (Phi) is 5.94. The summed E-state index contributed by atoms with van der Waals surface area (Å²) in [6.07, 6.45) is 1.66. The number of anilines is 1. The van der Waals surface area contributed by atoms with Gasteiger partial charge >= 0.3 is 0 Å². The van der Waals surface area contributed by atoms with E-state index in [0.29, 0.717) is 16.5 Å². The first-order chi connectivity index (χ1) is 13.7. The van der Waals surface area contributed by atoms with Gasteiger partial charge in [0, 0.05) is 10.9 Å². The maximum atomic E-state index is 13.2. The predicted molar refractivity (Wildman–Crippen MR) is 114 cm³/mol. The minimum atomic E-state index is -3.75. The summed E-state index contributed by atoms with van der Waals surface area (Å²) in [6, 6.07) is 11.6. The summed E-state index contributed by atoms with van der Waals surface area (Å²) in [4.78, 5) is 13.2. The summed E-state index contributed by atoms with van der Waals surface area (Å²) in [6.45, 7) is 4.14. The molecule has 1 amide bonds. The van der Waals surface area contributed by atoms with Gasteiger partial charge in [-0.2, -0.15) is 0 Å². The third-order valence-corrected chi connectivity index (χ3v) is 7.21. The van der Waals surface area contributed by atoms with Crippen molar-refractivity contribution in [3.8, 4) is 5.75 Å². The number of hydrogen-bond donors (Lipinski definition) is 2. The molecule has 2 aromatic carbocycles. The number of rotatable bonds is 7. The van der Waals surface area contributed by atoms with Gasteiger partial charge in [-0.05, 0) is 54.2 Å². The van der Waals surface area contributed by atoms with E-state index in [1.165, 1.54) is 19.2 Å². The van der Waals surface area contributed by atoms with Crippen LogP contribution in [0.25, 0.3) is 0 Å². The molecule has 0 bridgehead atoms. The van der Waals surface area contributed by atoms with E-state index in [-0.39, 0.29) is 28.1 Å². The number of sulfonamides is 1. The Hall–Kier alpha value is -2.09. The number of carbonyl (C=O) groups excluding carboxylic acids is 1. The molecule has 29 heavy (non-hydrogen) atoms. The van der Waals surface area contributed by atoms with Gasteiger partial charge in [-0.25, -0.2) is 13.6 Å². The Bertz CT molecular complexity index is 1020. The van der Waals surface area contributed by atoms with Crippen LogP contribution < -0.4 is 15.2 Å². The van der Waals surface area contributed by atoms with Crippen LogP contribution in [0.4, 0.5) is 5.69 Å². The standard InChI is InChI=1S/C21H25ClN2O4S/c1-4-21(5-2)18(13-6-9-15(10-7-13)29(23,26)27)19(21)20(25)24-16-12-14(22)8-11-17(16)28-3/h6-12,18-19H,4-5H2,1-3H3,(H,24,25)(H2,23,26,27)/t18-,19+/m1/s1. The molecule has 2 atom stereocenters. The molecule has 2 aromatic rings. The lowest BCUT2D eigenvalue weighted by Gasteiger charge is -2.14. The molecular formula is C21H25ClN2O4S. The summed E-state index contributed by atoms with van der Waals surface area (Å²) in [5, 5.41) is 8.65. The van der Waals surface area contributed by atoms with Crippen molar-refractivity contribution in [1.82, 2.24) is 0 Å². The van der Waals surface area contributed by atoms with E-state index in [2.05, 4.69) is 19.2 Å².